The quantitative estimate of drug-likeness (QED) is 0.595. The van der Waals surface area contributed by atoms with Crippen molar-refractivity contribution >= 4 is 17.2 Å². The van der Waals surface area contributed by atoms with E-state index in [1.54, 1.807) is 16.0 Å². The first-order valence-corrected chi connectivity index (χ1v) is 12.0. The maximum absolute atomic E-state index is 13.2. The minimum absolute atomic E-state index is 0.0771. The van der Waals surface area contributed by atoms with Crippen molar-refractivity contribution in [1.82, 2.24) is 29.5 Å². The zero-order valence-electron chi connectivity index (χ0n) is 17.7. The van der Waals surface area contributed by atoms with Gasteiger partial charge in [0.15, 0.2) is 5.82 Å². The summed E-state index contributed by atoms with van der Waals surface area (Å²) in [7, 11) is 0. The van der Waals surface area contributed by atoms with Crippen molar-refractivity contribution < 1.29 is 4.79 Å². The normalized spacial score (nSPS) is 18.0. The number of hydrogen-bond acceptors (Lipinski definition) is 6. The standard InChI is InChI=1S/C23H28N6OS/c30-23(28-16-14-27(15-17-28)13-12-26-10-4-5-11-26)21-24-22(20-9-6-18-31-20)29(25-21)19-7-2-1-3-8-19/h1-3,6-9,18H,4-5,10-17H2. The van der Waals surface area contributed by atoms with E-state index in [9.17, 15) is 4.79 Å². The van der Waals surface area contributed by atoms with E-state index in [0.29, 0.717) is 5.82 Å². The summed E-state index contributed by atoms with van der Waals surface area (Å²) in [5, 5.41) is 6.64. The summed E-state index contributed by atoms with van der Waals surface area (Å²) in [6.45, 7) is 7.99. The molecule has 2 aromatic heterocycles. The van der Waals surface area contributed by atoms with E-state index in [1.807, 2.05) is 52.7 Å². The molecule has 8 heteroatoms. The first-order chi connectivity index (χ1) is 15.3. The summed E-state index contributed by atoms with van der Waals surface area (Å²) < 4.78 is 1.78. The SMILES string of the molecule is O=C(c1nc(-c2cccs2)n(-c2ccccc2)n1)N1CCN(CCN2CCCC2)CC1. The molecule has 2 saturated heterocycles. The maximum Gasteiger partial charge on any atom is 0.293 e. The minimum Gasteiger partial charge on any atom is -0.333 e. The topological polar surface area (TPSA) is 57.5 Å². The van der Waals surface area contributed by atoms with Crippen LogP contribution < -0.4 is 0 Å². The summed E-state index contributed by atoms with van der Waals surface area (Å²) in [4.78, 5) is 25.8. The Labute approximate surface area is 186 Å². The zero-order chi connectivity index (χ0) is 21.0. The van der Waals surface area contributed by atoms with Gasteiger partial charge in [0.05, 0.1) is 10.6 Å². The van der Waals surface area contributed by atoms with Crippen LogP contribution in [0.1, 0.15) is 23.5 Å². The fourth-order valence-electron chi connectivity index (χ4n) is 4.32. The minimum atomic E-state index is -0.0771. The predicted molar refractivity (Wildman–Crippen MR) is 123 cm³/mol. The van der Waals surface area contributed by atoms with Crippen molar-refractivity contribution in [3.05, 3.63) is 53.7 Å². The highest BCUT2D eigenvalue weighted by molar-refractivity contribution is 7.13. The molecule has 0 saturated carbocycles. The highest BCUT2D eigenvalue weighted by Crippen LogP contribution is 2.26. The van der Waals surface area contributed by atoms with Gasteiger partial charge in [-0.1, -0.05) is 24.3 Å². The number of benzene rings is 1. The molecule has 0 bridgehead atoms. The highest BCUT2D eigenvalue weighted by Gasteiger charge is 2.27. The van der Waals surface area contributed by atoms with Crippen LogP contribution in [0, 0.1) is 0 Å². The van der Waals surface area contributed by atoms with Crippen molar-refractivity contribution in [3.8, 4) is 16.4 Å². The molecule has 0 radical (unpaired) electrons. The molecule has 5 rings (SSSR count). The highest BCUT2D eigenvalue weighted by atomic mass is 32.1. The van der Waals surface area contributed by atoms with Gasteiger partial charge < -0.3 is 9.80 Å². The van der Waals surface area contributed by atoms with Crippen molar-refractivity contribution in [2.45, 2.75) is 12.8 Å². The molecule has 0 N–H and O–H groups in total. The summed E-state index contributed by atoms with van der Waals surface area (Å²) in [6.07, 6.45) is 2.66. The summed E-state index contributed by atoms with van der Waals surface area (Å²) in [6, 6.07) is 13.9. The van der Waals surface area contributed by atoms with Crippen molar-refractivity contribution in [3.63, 3.8) is 0 Å². The molecule has 2 fully saturated rings. The third-order valence-corrected chi connectivity index (χ3v) is 7.00. The molecule has 1 amide bonds. The second-order valence-electron chi connectivity index (χ2n) is 8.17. The number of carbonyl (C=O) groups is 1. The van der Waals surface area contributed by atoms with Gasteiger partial charge in [-0.3, -0.25) is 9.69 Å². The van der Waals surface area contributed by atoms with Gasteiger partial charge in [-0.25, -0.2) is 9.67 Å². The average Bonchev–Trinajstić information content (AvgIpc) is 3.59. The number of nitrogens with zero attached hydrogens (tertiary/aromatic N) is 6. The fraction of sp³-hybridized carbons (Fsp3) is 0.435. The van der Waals surface area contributed by atoms with Gasteiger partial charge in [-0.15, -0.1) is 16.4 Å². The lowest BCUT2D eigenvalue weighted by Crippen LogP contribution is -2.50. The smallest absolute Gasteiger partial charge is 0.293 e. The van der Waals surface area contributed by atoms with Crippen molar-refractivity contribution in [2.75, 3.05) is 52.4 Å². The van der Waals surface area contributed by atoms with Crippen LogP contribution in [0.25, 0.3) is 16.4 Å². The van der Waals surface area contributed by atoms with Crippen molar-refractivity contribution in [1.29, 1.82) is 0 Å². The average molecular weight is 437 g/mol. The van der Waals surface area contributed by atoms with Crippen LogP contribution in [0.3, 0.4) is 0 Å². The van der Waals surface area contributed by atoms with Gasteiger partial charge in [0.25, 0.3) is 5.91 Å². The fourth-order valence-corrected chi connectivity index (χ4v) is 5.02. The molecule has 0 atom stereocenters. The molecule has 0 unspecified atom stereocenters. The number of para-hydroxylation sites is 1. The Balaban J connectivity index is 1.27. The number of likely N-dealkylation sites (tertiary alicyclic amines) is 1. The van der Waals surface area contributed by atoms with Gasteiger partial charge in [-0.2, -0.15) is 0 Å². The molecule has 31 heavy (non-hydrogen) atoms. The van der Waals surface area contributed by atoms with Crippen LogP contribution in [-0.4, -0.2) is 87.7 Å². The number of amides is 1. The van der Waals surface area contributed by atoms with E-state index in [-0.39, 0.29) is 11.7 Å². The Morgan fingerprint density at radius 2 is 1.58 bits per heavy atom. The first-order valence-electron chi connectivity index (χ1n) is 11.1. The van der Waals surface area contributed by atoms with Gasteiger partial charge in [0, 0.05) is 39.3 Å². The lowest BCUT2D eigenvalue weighted by atomic mass is 10.3. The van der Waals surface area contributed by atoms with Gasteiger partial charge in [0.1, 0.15) is 0 Å². The molecule has 2 aliphatic rings. The van der Waals surface area contributed by atoms with Gasteiger partial charge >= 0.3 is 0 Å². The molecule has 0 aliphatic carbocycles. The van der Waals surface area contributed by atoms with E-state index >= 15 is 0 Å². The molecule has 7 nitrogen and oxygen atoms in total. The van der Waals surface area contributed by atoms with E-state index in [1.165, 1.54) is 25.9 Å². The Morgan fingerprint density at radius 1 is 0.871 bits per heavy atom. The van der Waals surface area contributed by atoms with Crippen LogP contribution in [0.2, 0.25) is 0 Å². The van der Waals surface area contributed by atoms with E-state index in [2.05, 4.69) is 19.9 Å². The number of rotatable bonds is 6. The number of carbonyl (C=O) groups excluding carboxylic acids is 1. The van der Waals surface area contributed by atoms with Gasteiger partial charge in [-0.05, 0) is 49.5 Å². The second kappa shape index (κ2) is 9.30. The van der Waals surface area contributed by atoms with Crippen molar-refractivity contribution in [2.24, 2.45) is 0 Å². The van der Waals surface area contributed by atoms with Gasteiger partial charge in [0.2, 0.25) is 5.82 Å². The molecule has 3 aromatic rings. The number of aromatic nitrogens is 3. The maximum atomic E-state index is 13.2. The predicted octanol–water partition coefficient (Wildman–Crippen LogP) is 2.85. The van der Waals surface area contributed by atoms with Crippen LogP contribution in [0.5, 0.6) is 0 Å². The lowest BCUT2D eigenvalue weighted by molar-refractivity contribution is 0.0615. The Kier molecular flexibility index (Phi) is 6.11. The molecular formula is C23H28N6OS. The molecule has 162 valence electrons. The first kappa shape index (κ1) is 20.4. The Morgan fingerprint density at radius 3 is 2.26 bits per heavy atom. The summed E-state index contributed by atoms with van der Waals surface area (Å²) in [5.74, 6) is 0.915. The Hall–Kier alpha value is -2.55. The zero-order valence-corrected chi connectivity index (χ0v) is 18.5. The third kappa shape index (κ3) is 4.56. The van der Waals surface area contributed by atoms with Crippen LogP contribution >= 0.6 is 11.3 Å². The summed E-state index contributed by atoms with van der Waals surface area (Å²) in [5.41, 5.74) is 0.907. The van der Waals surface area contributed by atoms with Crippen LogP contribution in [0.15, 0.2) is 47.8 Å². The van der Waals surface area contributed by atoms with Crippen LogP contribution in [0.4, 0.5) is 0 Å². The molecule has 2 aliphatic heterocycles. The molecule has 4 heterocycles. The molecular weight excluding hydrogens is 408 g/mol. The second-order valence-corrected chi connectivity index (χ2v) is 9.11. The lowest BCUT2D eigenvalue weighted by Gasteiger charge is -2.34. The van der Waals surface area contributed by atoms with E-state index in [0.717, 1.165) is 49.8 Å². The number of piperazine rings is 1. The van der Waals surface area contributed by atoms with Crippen LogP contribution in [-0.2, 0) is 0 Å². The molecule has 0 spiro atoms. The largest absolute Gasteiger partial charge is 0.333 e. The van der Waals surface area contributed by atoms with E-state index in [4.69, 9.17) is 0 Å². The van der Waals surface area contributed by atoms with E-state index < -0.39 is 0 Å². The number of thiophene rings is 1. The third-order valence-electron chi connectivity index (χ3n) is 6.13. The molecule has 1 aromatic carbocycles. The summed E-state index contributed by atoms with van der Waals surface area (Å²) >= 11 is 1.60. The Bertz CT molecular complexity index is 989. The monoisotopic (exact) mass is 436 g/mol. The number of hydrogen-bond donors (Lipinski definition) is 0.